The molecule has 0 N–H and O–H groups in total. The predicted molar refractivity (Wildman–Crippen MR) is 66.7 cm³/mol. The fourth-order valence-electron chi connectivity index (χ4n) is 1.46. The van der Waals surface area contributed by atoms with Crippen LogP contribution in [0.3, 0.4) is 0 Å². The normalized spacial score (nSPS) is 11.7. The molecule has 0 saturated carbocycles. The lowest BCUT2D eigenvalue weighted by molar-refractivity contribution is 0.0969. The van der Waals surface area contributed by atoms with Gasteiger partial charge in [-0.15, -0.1) is 11.3 Å². The lowest BCUT2D eigenvalue weighted by atomic mass is 9.89. The zero-order valence-corrected chi connectivity index (χ0v) is 10.9. The fourth-order valence-corrected chi connectivity index (χ4v) is 2.43. The van der Waals surface area contributed by atoms with Gasteiger partial charge in [0.15, 0.2) is 5.78 Å². The van der Waals surface area contributed by atoms with Crippen molar-refractivity contribution in [2.75, 3.05) is 0 Å². The van der Waals surface area contributed by atoms with Crippen molar-refractivity contribution in [2.45, 2.75) is 47.0 Å². The van der Waals surface area contributed by atoms with E-state index in [9.17, 15) is 4.79 Å². The summed E-state index contributed by atoms with van der Waals surface area (Å²) >= 11 is 1.58. The molecule has 0 amide bonds. The van der Waals surface area contributed by atoms with Gasteiger partial charge in [0, 0.05) is 6.42 Å². The molecule has 1 aromatic rings. The summed E-state index contributed by atoms with van der Waals surface area (Å²) in [6.45, 7) is 8.63. The largest absolute Gasteiger partial charge is 0.293 e. The average Bonchev–Trinajstić information content (AvgIpc) is 2.60. The number of rotatable bonds is 4. The highest BCUT2D eigenvalue weighted by atomic mass is 32.1. The van der Waals surface area contributed by atoms with Crippen LogP contribution in [0.25, 0.3) is 0 Å². The molecule has 1 nitrogen and oxygen atoms in total. The first-order valence-electron chi connectivity index (χ1n) is 5.53. The number of Topliss-reactive ketones (excluding diaryl/α,β-unsaturated/α-hetero) is 1. The number of carbonyl (C=O) groups excluding carboxylic acids is 1. The molecule has 0 aliphatic heterocycles. The first-order valence-corrected chi connectivity index (χ1v) is 6.41. The van der Waals surface area contributed by atoms with E-state index < -0.39 is 0 Å². The van der Waals surface area contributed by atoms with E-state index in [1.807, 2.05) is 5.38 Å². The number of carbonyl (C=O) groups is 1. The van der Waals surface area contributed by atoms with Crippen LogP contribution in [0.1, 0.15) is 55.8 Å². The third kappa shape index (κ3) is 3.78. The van der Waals surface area contributed by atoms with Crippen LogP contribution in [0.4, 0.5) is 0 Å². The smallest absolute Gasteiger partial charge is 0.173 e. The monoisotopic (exact) mass is 224 g/mol. The highest BCUT2D eigenvalue weighted by Gasteiger charge is 2.16. The Hall–Kier alpha value is -0.630. The van der Waals surface area contributed by atoms with Crippen molar-refractivity contribution in [3.05, 3.63) is 21.9 Å². The molecule has 0 bridgehead atoms. The van der Waals surface area contributed by atoms with E-state index in [4.69, 9.17) is 0 Å². The van der Waals surface area contributed by atoms with Crippen LogP contribution in [0.15, 0.2) is 11.4 Å². The minimum Gasteiger partial charge on any atom is -0.293 e. The van der Waals surface area contributed by atoms with Crippen LogP contribution in [0.2, 0.25) is 0 Å². The summed E-state index contributed by atoms with van der Waals surface area (Å²) in [4.78, 5) is 12.9. The lowest BCUT2D eigenvalue weighted by Gasteiger charge is -2.16. The van der Waals surface area contributed by atoms with Crippen LogP contribution >= 0.6 is 11.3 Å². The maximum Gasteiger partial charge on any atom is 0.173 e. The Morgan fingerprint density at radius 2 is 2.07 bits per heavy atom. The molecule has 0 saturated heterocycles. The third-order valence-electron chi connectivity index (χ3n) is 2.48. The standard InChI is InChI=1S/C13H20OS/c1-5-10-7-9-15-12(10)11(14)6-8-13(2,3)4/h7,9H,5-6,8H2,1-4H3. The van der Waals surface area contributed by atoms with Crippen molar-refractivity contribution in [3.8, 4) is 0 Å². The molecule has 1 heterocycles. The van der Waals surface area contributed by atoms with E-state index in [2.05, 4.69) is 33.8 Å². The van der Waals surface area contributed by atoms with Gasteiger partial charge in [-0.25, -0.2) is 0 Å². The van der Waals surface area contributed by atoms with Gasteiger partial charge in [0.1, 0.15) is 0 Å². The molecule has 1 aromatic heterocycles. The quantitative estimate of drug-likeness (QED) is 0.696. The Balaban J connectivity index is 2.62. The number of aryl methyl sites for hydroxylation is 1. The van der Waals surface area contributed by atoms with Gasteiger partial charge in [-0.1, -0.05) is 27.7 Å². The van der Waals surface area contributed by atoms with E-state index in [-0.39, 0.29) is 5.41 Å². The van der Waals surface area contributed by atoms with E-state index in [0.29, 0.717) is 12.2 Å². The molecule has 0 radical (unpaired) electrons. The van der Waals surface area contributed by atoms with Crippen molar-refractivity contribution < 1.29 is 4.79 Å². The third-order valence-corrected chi connectivity index (χ3v) is 3.48. The molecular weight excluding hydrogens is 204 g/mol. The topological polar surface area (TPSA) is 17.1 Å². The molecule has 0 unspecified atom stereocenters. The Bertz CT molecular complexity index is 331. The fraction of sp³-hybridized carbons (Fsp3) is 0.615. The van der Waals surface area contributed by atoms with Crippen LogP contribution < -0.4 is 0 Å². The Morgan fingerprint density at radius 3 is 2.60 bits per heavy atom. The SMILES string of the molecule is CCc1ccsc1C(=O)CCC(C)(C)C. The van der Waals surface area contributed by atoms with Crippen molar-refractivity contribution in [2.24, 2.45) is 5.41 Å². The van der Waals surface area contributed by atoms with Crippen molar-refractivity contribution in [1.29, 1.82) is 0 Å². The highest BCUT2D eigenvalue weighted by molar-refractivity contribution is 7.12. The number of hydrogen-bond acceptors (Lipinski definition) is 2. The van der Waals surface area contributed by atoms with Gasteiger partial charge in [0.2, 0.25) is 0 Å². The second kappa shape index (κ2) is 4.93. The molecule has 0 aromatic carbocycles. The summed E-state index contributed by atoms with van der Waals surface area (Å²) in [6, 6.07) is 2.06. The Kier molecular flexibility index (Phi) is 4.09. The Labute approximate surface area is 96.5 Å². The van der Waals surface area contributed by atoms with Crippen molar-refractivity contribution in [1.82, 2.24) is 0 Å². The van der Waals surface area contributed by atoms with Gasteiger partial charge in [0.05, 0.1) is 4.88 Å². The molecule has 1 rings (SSSR count). The predicted octanol–water partition coefficient (Wildman–Crippen LogP) is 4.32. The van der Waals surface area contributed by atoms with Crippen LogP contribution in [-0.4, -0.2) is 5.78 Å². The zero-order chi connectivity index (χ0) is 11.5. The zero-order valence-electron chi connectivity index (χ0n) is 10.1. The first-order chi connectivity index (χ1) is 6.94. The molecule has 0 atom stereocenters. The average molecular weight is 224 g/mol. The minimum absolute atomic E-state index is 0.249. The number of hydrogen-bond donors (Lipinski definition) is 0. The molecule has 0 aliphatic carbocycles. The summed E-state index contributed by atoms with van der Waals surface area (Å²) in [5.41, 5.74) is 1.46. The Morgan fingerprint density at radius 1 is 1.40 bits per heavy atom. The second-order valence-corrected chi connectivity index (χ2v) is 6.03. The molecular formula is C13H20OS. The number of ketones is 1. The van der Waals surface area contributed by atoms with E-state index in [1.54, 1.807) is 11.3 Å². The van der Waals surface area contributed by atoms with Gasteiger partial charge in [0.25, 0.3) is 0 Å². The van der Waals surface area contributed by atoms with Crippen molar-refractivity contribution in [3.63, 3.8) is 0 Å². The molecule has 0 fully saturated rings. The summed E-state index contributed by atoms with van der Waals surface area (Å²) in [6.07, 6.45) is 2.60. The first kappa shape index (κ1) is 12.4. The molecule has 0 spiro atoms. The highest BCUT2D eigenvalue weighted by Crippen LogP contribution is 2.25. The van der Waals surface area contributed by atoms with Crippen LogP contribution in [0, 0.1) is 5.41 Å². The maximum absolute atomic E-state index is 11.9. The van der Waals surface area contributed by atoms with Crippen LogP contribution in [-0.2, 0) is 6.42 Å². The number of thiophene rings is 1. The van der Waals surface area contributed by atoms with Gasteiger partial charge in [-0.05, 0) is 35.3 Å². The lowest BCUT2D eigenvalue weighted by Crippen LogP contribution is -2.09. The molecule has 0 aliphatic rings. The molecule has 84 valence electrons. The summed E-state index contributed by atoms with van der Waals surface area (Å²) in [5.74, 6) is 0.316. The van der Waals surface area contributed by atoms with E-state index in [1.165, 1.54) is 5.56 Å². The second-order valence-electron chi connectivity index (χ2n) is 5.11. The summed E-state index contributed by atoms with van der Waals surface area (Å²) in [5, 5.41) is 2.02. The minimum atomic E-state index is 0.249. The van der Waals surface area contributed by atoms with E-state index in [0.717, 1.165) is 17.7 Å². The van der Waals surface area contributed by atoms with Crippen LogP contribution in [0.5, 0.6) is 0 Å². The maximum atomic E-state index is 11.9. The van der Waals surface area contributed by atoms with E-state index >= 15 is 0 Å². The summed E-state index contributed by atoms with van der Waals surface area (Å²) < 4.78 is 0. The van der Waals surface area contributed by atoms with Gasteiger partial charge in [-0.3, -0.25) is 4.79 Å². The van der Waals surface area contributed by atoms with Gasteiger partial charge >= 0.3 is 0 Å². The van der Waals surface area contributed by atoms with Gasteiger partial charge in [-0.2, -0.15) is 0 Å². The van der Waals surface area contributed by atoms with Crippen molar-refractivity contribution >= 4 is 17.1 Å². The summed E-state index contributed by atoms with van der Waals surface area (Å²) in [7, 11) is 0. The molecule has 15 heavy (non-hydrogen) atoms. The van der Waals surface area contributed by atoms with Gasteiger partial charge < -0.3 is 0 Å². The molecule has 2 heteroatoms.